The van der Waals surface area contributed by atoms with Crippen molar-refractivity contribution in [3.8, 4) is 0 Å². The van der Waals surface area contributed by atoms with E-state index in [2.05, 4.69) is 12.7 Å². The molecule has 2 rings (SSSR count). The maximum Gasteiger partial charge on any atom is 0.338 e. The van der Waals surface area contributed by atoms with E-state index in [4.69, 9.17) is 9.47 Å². The third-order valence-electron chi connectivity index (χ3n) is 5.27. The normalized spacial score (nSPS) is 19.9. The van der Waals surface area contributed by atoms with Gasteiger partial charge in [0.15, 0.2) is 0 Å². The third-order valence-corrected chi connectivity index (χ3v) is 5.27. The van der Waals surface area contributed by atoms with Gasteiger partial charge in [-0.25, -0.2) is 9.59 Å². The molecule has 0 N–H and O–H groups in total. The number of hydrogen-bond acceptors (Lipinski definition) is 4. The minimum Gasteiger partial charge on any atom is -0.456 e. The summed E-state index contributed by atoms with van der Waals surface area (Å²) in [5.41, 5.74) is 3.35. The van der Waals surface area contributed by atoms with Gasteiger partial charge in [-0.3, -0.25) is 0 Å². The zero-order chi connectivity index (χ0) is 20.4. The van der Waals surface area contributed by atoms with E-state index in [9.17, 15) is 9.59 Å². The fourth-order valence-corrected chi connectivity index (χ4v) is 3.35. The summed E-state index contributed by atoms with van der Waals surface area (Å²) >= 11 is 0. The number of hydrogen-bond donors (Lipinski definition) is 0. The van der Waals surface area contributed by atoms with Gasteiger partial charge in [0.25, 0.3) is 0 Å². The summed E-state index contributed by atoms with van der Waals surface area (Å²) in [6.45, 7) is 15.0. The topological polar surface area (TPSA) is 52.6 Å². The second-order valence-electron chi connectivity index (χ2n) is 8.10. The van der Waals surface area contributed by atoms with Crippen LogP contribution in [0.2, 0.25) is 0 Å². The van der Waals surface area contributed by atoms with Gasteiger partial charge in [0.1, 0.15) is 11.7 Å². The van der Waals surface area contributed by atoms with Crippen molar-refractivity contribution in [1.29, 1.82) is 0 Å². The van der Waals surface area contributed by atoms with Crippen molar-refractivity contribution < 1.29 is 19.1 Å². The van der Waals surface area contributed by atoms with E-state index in [-0.39, 0.29) is 18.0 Å². The first-order chi connectivity index (χ1) is 12.5. The molecule has 27 heavy (non-hydrogen) atoms. The molecule has 1 aliphatic rings. The minimum atomic E-state index is -0.669. The standard InChI is InChI=1S/C23H30O4/c1-14(2)21(24)27-23(6,7)18-10-9-16(4)20(13-18)26-22(25)19-11-8-15(3)12-17(19)5/h8-9,11-12,18,20H,1,10,13H2,2-7H3. The number of allylic oxidation sites excluding steroid dienone is 1. The van der Waals surface area contributed by atoms with E-state index >= 15 is 0 Å². The Kier molecular flexibility index (Phi) is 6.30. The molecule has 2 unspecified atom stereocenters. The molecule has 0 saturated heterocycles. The Hall–Kier alpha value is -2.36. The Balaban J connectivity index is 2.12. The fraction of sp³-hybridized carbons (Fsp3) is 0.478. The number of aryl methyl sites for hydroxylation is 2. The first-order valence-corrected chi connectivity index (χ1v) is 9.35. The molecule has 2 atom stereocenters. The molecular formula is C23H30O4. The van der Waals surface area contributed by atoms with Crippen LogP contribution >= 0.6 is 0 Å². The number of esters is 2. The molecular weight excluding hydrogens is 340 g/mol. The van der Waals surface area contributed by atoms with Crippen molar-refractivity contribution in [2.24, 2.45) is 5.92 Å². The molecule has 1 aliphatic carbocycles. The highest BCUT2D eigenvalue weighted by Gasteiger charge is 2.38. The summed E-state index contributed by atoms with van der Waals surface area (Å²) in [4.78, 5) is 24.6. The smallest absolute Gasteiger partial charge is 0.338 e. The third kappa shape index (κ3) is 5.09. The average molecular weight is 370 g/mol. The van der Waals surface area contributed by atoms with Gasteiger partial charge in [0.05, 0.1) is 5.56 Å². The van der Waals surface area contributed by atoms with Crippen LogP contribution in [0.25, 0.3) is 0 Å². The molecule has 146 valence electrons. The van der Waals surface area contributed by atoms with E-state index in [0.29, 0.717) is 17.6 Å². The van der Waals surface area contributed by atoms with Crippen molar-refractivity contribution in [2.75, 3.05) is 0 Å². The molecule has 0 bridgehead atoms. The highest BCUT2D eigenvalue weighted by molar-refractivity contribution is 5.91. The van der Waals surface area contributed by atoms with E-state index < -0.39 is 11.6 Å². The summed E-state index contributed by atoms with van der Waals surface area (Å²) in [7, 11) is 0. The molecule has 1 aromatic carbocycles. The maximum atomic E-state index is 12.7. The van der Waals surface area contributed by atoms with Crippen molar-refractivity contribution >= 4 is 11.9 Å². The first kappa shape index (κ1) is 20.9. The van der Waals surface area contributed by atoms with Crippen LogP contribution in [0.1, 0.15) is 62.0 Å². The zero-order valence-corrected chi connectivity index (χ0v) is 17.2. The second kappa shape index (κ2) is 8.12. The summed E-state index contributed by atoms with van der Waals surface area (Å²) in [5.74, 6) is -0.654. The Morgan fingerprint density at radius 1 is 1.19 bits per heavy atom. The highest BCUT2D eigenvalue weighted by atomic mass is 16.6. The van der Waals surface area contributed by atoms with Gasteiger partial charge in [-0.2, -0.15) is 0 Å². The lowest BCUT2D eigenvalue weighted by atomic mass is 9.78. The van der Waals surface area contributed by atoms with Crippen molar-refractivity contribution in [3.63, 3.8) is 0 Å². The van der Waals surface area contributed by atoms with E-state index in [1.807, 2.05) is 52.8 Å². The van der Waals surface area contributed by atoms with E-state index in [0.717, 1.165) is 23.1 Å². The van der Waals surface area contributed by atoms with Gasteiger partial charge in [-0.15, -0.1) is 0 Å². The summed E-state index contributed by atoms with van der Waals surface area (Å²) in [6, 6.07) is 5.70. The second-order valence-corrected chi connectivity index (χ2v) is 8.10. The summed E-state index contributed by atoms with van der Waals surface area (Å²) in [6.07, 6.45) is 3.15. The zero-order valence-electron chi connectivity index (χ0n) is 17.2. The Bertz CT molecular complexity index is 786. The molecule has 0 aliphatic heterocycles. The van der Waals surface area contributed by atoms with Crippen LogP contribution in [-0.2, 0) is 14.3 Å². The van der Waals surface area contributed by atoms with Crippen LogP contribution in [0.5, 0.6) is 0 Å². The maximum absolute atomic E-state index is 12.7. The van der Waals surface area contributed by atoms with Crippen LogP contribution in [0.3, 0.4) is 0 Å². The van der Waals surface area contributed by atoms with E-state index in [1.165, 1.54) is 0 Å². The summed E-state index contributed by atoms with van der Waals surface area (Å²) in [5, 5.41) is 0. The van der Waals surface area contributed by atoms with Gasteiger partial charge in [0, 0.05) is 11.5 Å². The molecule has 0 fully saturated rings. The molecule has 0 radical (unpaired) electrons. The number of carbonyl (C=O) groups is 2. The molecule has 0 amide bonds. The van der Waals surface area contributed by atoms with Gasteiger partial charge in [0.2, 0.25) is 0 Å². The van der Waals surface area contributed by atoms with Crippen molar-refractivity contribution in [3.05, 3.63) is 58.7 Å². The van der Waals surface area contributed by atoms with Crippen molar-refractivity contribution in [2.45, 2.75) is 66.1 Å². The molecule has 0 heterocycles. The number of benzene rings is 1. The van der Waals surface area contributed by atoms with Gasteiger partial charge in [-0.05, 0) is 71.6 Å². The highest BCUT2D eigenvalue weighted by Crippen LogP contribution is 2.36. The predicted molar refractivity (Wildman–Crippen MR) is 107 cm³/mol. The molecule has 4 nitrogen and oxygen atoms in total. The minimum absolute atomic E-state index is 0.0569. The number of rotatable bonds is 5. The monoisotopic (exact) mass is 370 g/mol. The van der Waals surface area contributed by atoms with Crippen LogP contribution in [0.15, 0.2) is 42.0 Å². The SMILES string of the molecule is C=C(C)C(=O)OC(C)(C)C1CC=C(C)C(OC(=O)c2ccc(C)cc2C)C1. The molecule has 0 saturated carbocycles. The molecule has 0 spiro atoms. The predicted octanol–water partition coefficient (Wildman–Crippen LogP) is 5.08. The van der Waals surface area contributed by atoms with Crippen LogP contribution in [-0.4, -0.2) is 23.6 Å². The van der Waals surface area contributed by atoms with E-state index in [1.54, 1.807) is 6.92 Å². The fourth-order valence-electron chi connectivity index (χ4n) is 3.35. The Morgan fingerprint density at radius 3 is 2.44 bits per heavy atom. The van der Waals surface area contributed by atoms with Crippen LogP contribution in [0.4, 0.5) is 0 Å². The van der Waals surface area contributed by atoms with Gasteiger partial charge >= 0.3 is 11.9 Å². The number of carbonyl (C=O) groups excluding carboxylic acids is 2. The van der Waals surface area contributed by atoms with Gasteiger partial charge in [-0.1, -0.05) is 30.4 Å². The molecule has 0 aromatic heterocycles. The Labute approximate surface area is 162 Å². The first-order valence-electron chi connectivity index (χ1n) is 9.35. The quantitative estimate of drug-likeness (QED) is 0.412. The summed E-state index contributed by atoms with van der Waals surface area (Å²) < 4.78 is 11.5. The van der Waals surface area contributed by atoms with Crippen LogP contribution < -0.4 is 0 Å². The van der Waals surface area contributed by atoms with Crippen LogP contribution in [0, 0.1) is 19.8 Å². The molecule has 4 heteroatoms. The van der Waals surface area contributed by atoms with Crippen molar-refractivity contribution in [1.82, 2.24) is 0 Å². The lowest BCUT2D eigenvalue weighted by Gasteiger charge is -2.38. The van der Waals surface area contributed by atoms with Gasteiger partial charge < -0.3 is 9.47 Å². The lowest BCUT2D eigenvalue weighted by Crippen LogP contribution is -2.41. The molecule has 1 aromatic rings. The number of ether oxygens (including phenoxy) is 2. The Morgan fingerprint density at radius 2 is 1.85 bits per heavy atom. The average Bonchev–Trinajstić information content (AvgIpc) is 2.56. The largest absolute Gasteiger partial charge is 0.456 e. The lowest BCUT2D eigenvalue weighted by molar-refractivity contribution is -0.158.